The molecule has 0 radical (unpaired) electrons. The van der Waals surface area contributed by atoms with E-state index in [4.69, 9.17) is 17.3 Å². The second-order valence-electron chi connectivity index (χ2n) is 4.68. The average molecular weight is 311 g/mol. The highest BCUT2D eigenvalue weighted by Gasteiger charge is 2.21. The molecule has 5 heteroatoms. The van der Waals surface area contributed by atoms with Gasteiger partial charge < -0.3 is 10.6 Å². The molecule has 0 fully saturated rings. The zero-order valence-electron chi connectivity index (χ0n) is 11.7. The lowest BCUT2D eigenvalue weighted by Crippen LogP contribution is -2.34. The average Bonchev–Trinajstić information content (AvgIpc) is 2.47. The Kier molecular flexibility index (Phi) is 5.15. The smallest absolute Gasteiger partial charge is 0.124 e. The van der Waals surface area contributed by atoms with E-state index in [-0.39, 0.29) is 17.7 Å². The maximum absolute atomic E-state index is 13.2. The van der Waals surface area contributed by atoms with E-state index in [0.717, 1.165) is 11.3 Å². The van der Waals surface area contributed by atoms with E-state index in [9.17, 15) is 8.78 Å². The third-order valence-electron chi connectivity index (χ3n) is 3.42. The Balaban J connectivity index is 2.39. The van der Waals surface area contributed by atoms with Crippen molar-refractivity contribution in [1.29, 1.82) is 0 Å². The topological polar surface area (TPSA) is 29.3 Å². The molecule has 1 atom stereocenters. The fourth-order valence-electron chi connectivity index (χ4n) is 2.41. The first-order valence-electron chi connectivity index (χ1n) is 6.74. The lowest BCUT2D eigenvalue weighted by molar-refractivity contribution is 0.614. The number of anilines is 1. The van der Waals surface area contributed by atoms with Gasteiger partial charge in [0.2, 0.25) is 0 Å². The summed E-state index contributed by atoms with van der Waals surface area (Å²) in [6.07, 6.45) is 0. The molecule has 112 valence electrons. The van der Waals surface area contributed by atoms with E-state index in [1.165, 1.54) is 24.3 Å². The van der Waals surface area contributed by atoms with Crippen molar-refractivity contribution in [2.75, 3.05) is 18.0 Å². The number of nitrogens with zero attached hydrogens (tertiary/aromatic N) is 1. The van der Waals surface area contributed by atoms with Gasteiger partial charge in [0.15, 0.2) is 0 Å². The number of hydrogen-bond donors (Lipinski definition) is 1. The summed E-state index contributed by atoms with van der Waals surface area (Å²) in [6.45, 7) is 2.96. The van der Waals surface area contributed by atoms with Gasteiger partial charge in [-0.15, -0.1) is 0 Å². The maximum Gasteiger partial charge on any atom is 0.124 e. The van der Waals surface area contributed by atoms with Crippen LogP contribution in [0.15, 0.2) is 42.5 Å². The standard InChI is InChI=1S/C16H17ClF2N2/c1-2-21(13-6-3-11(18)4-7-13)16(10-20)14-8-5-12(19)9-15(14)17/h3-9,16H,2,10,20H2,1H3. The van der Waals surface area contributed by atoms with Crippen molar-refractivity contribution >= 4 is 17.3 Å². The molecule has 0 bridgehead atoms. The summed E-state index contributed by atoms with van der Waals surface area (Å²) in [5.74, 6) is -0.678. The molecular formula is C16H17ClF2N2. The summed E-state index contributed by atoms with van der Waals surface area (Å²) in [5, 5.41) is 0.339. The van der Waals surface area contributed by atoms with Crippen LogP contribution >= 0.6 is 11.6 Å². The van der Waals surface area contributed by atoms with Crippen LogP contribution < -0.4 is 10.6 Å². The van der Waals surface area contributed by atoms with Crippen LogP contribution in [0.25, 0.3) is 0 Å². The highest BCUT2D eigenvalue weighted by molar-refractivity contribution is 6.31. The molecular weight excluding hydrogens is 294 g/mol. The van der Waals surface area contributed by atoms with Gasteiger partial charge in [-0.25, -0.2) is 8.78 Å². The minimum absolute atomic E-state index is 0.200. The van der Waals surface area contributed by atoms with Gasteiger partial charge >= 0.3 is 0 Å². The first kappa shape index (κ1) is 15.7. The highest BCUT2D eigenvalue weighted by Crippen LogP contribution is 2.31. The molecule has 0 aliphatic carbocycles. The molecule has 1 unspecified atom stereocenters. The fourth-order valence-corrected chi connectivity index (χ4v) is 2.70. The van der Waals surface area contributed by atoms with Crippen LogP contribution in [0.2, 0.25) is 5.02 Å². The van der Waals surface area contributed by atoms with Gasteiger partial charge in [-0.1, -0.05) is 17.7 Å². The molecule has 0 amide bonds. The molecule has 0 saturated carbocycles. The predicted molar refractivity (Wildman–Crippen MR) is 82.6 cm³/mol. The molecule has 21 heavy (non-hydrogen) atoms. The molecule has 0 spiro atoms. The van der Waals surface area contributed by atoms with Crippen molar-refractivity contribution in [2.45, 2.75) is 13.0 Å². The normalized spacial score (nSPS) is 12.2. The summed E-state index contributed by atoms with van der Waals surface area (Å²) in [5.41, 5.74) is 7.49. The molecule has 2 aromatic rings. The van der Waals surface area contributed by atoms with Crippen molar-refractivity contribution in [3.8, 4) is 0 Å². The quantitative estimate of drug-likeness (QED) is 0.899. The molecule has 0 aliphatic rings. The molecule has 0 saturated heterocycles. The number of halogens is 3. The van der Waals surface area contributed by atoms with Crippen molar-refractivity contribution in [3.05, 3.63) is 64.7 Å². The van der Waals surface area contributed by atoms with Gasteiger partial charge in [-0.3, -0.25) is 0 Å². The second kappa shape index (κ2) is 6.87. The summed E-state index contributed by atoms with van der Waals surface area (Å²) in [4.78, 5) is 2.01. The van der Waals surface area contributed by atoms with E-state index in [1.807, 2.05) is 11.8 Å². The Bertz CT molecular complexity index is 602. The Hall–Kier alpha value is -1.65. The predicted octanol–water partition coefficient (Wildman–Crippen LogP) is 4.14. The van der Waals surface area contributed by atoms with Crippen molar-refractivity contribution in [1.82, 2.24) is 0 Å². The zero-order valence-corrected chi connectivity index (χ0v) is 12.4. The van der Waals surface area contributed by atoms with E-state index in [0.29, 0.717) is 18.1 Å². The minimum atomic E-state index is -0.385. The lowest BCUT2D eigenvalue weighted by Gasteiger charge is -2.33. The highest BCUT2D eigenvalue weighted by atomic mass is 35.5. The van der Waals surface area contributed by atoms with Gasteiger partial charge in [0.25, 0.3) is 0 Å². The molecule has 0 aromatic heterocycles. The van der Waals surface area contributed by atoms with Gasteiger partial charge in [0, 0.05) is 23.8 Å². The third kappa shape index (κ3) is 3.52. The van der Waals surface area contributed by atoms with Gasteiger partial charge in [0.05, 0.1) is 6.04 Å². The molecule has 2 N–H and O–H groups in total. The van der Waals surface area contributed by atoms with E-state index in [2.05, 4.69) is 0 Å². The second-order valence-corrected chi connectivity index (χ2v) is 5.09. The fraction of sp³-hybridized carbons (Fsp3) is 0.250. The summed E-state index contributed by atoms with van der Waals surface area (Å²) in [7, 11) is 0. The van der Waals surface area contributed by atoms with Crippen molar-refractivity contribution in [2.24, 2.45) is 5.73 Å². The summed E-state index contributed by atoms with van der Waals surface area (Å²) < 4.78 is 26.3. The molecule has 2 nitrogen and oxygen atoms in total. The molecule has 2 aromatic carbocycles. The van der Waals surface area contributed by atoms with Gasteiger partial charge in [-0.05, 0) is 48.9 Å². The van der Waals surface area contributed by atoms with Crippen LogP contribution in [0, 0.1) is 11.6 Å². The van der Waals surface area contributed by atoms with Crippen LogP contribution in [-0.2, 0) is 0 Å². The summed E-state index contributed by atoms with van der Waals surface area (Å²) >= 11 is 6.13. The Labute approximate surface area is 128 Å². The van der Waals surface area contributed by atoms with Crippen molar-refractivity contribution < 1.29 is 8.78 Å². The first-order valence-corrected chi connectivity index (χ1v) is 7.11. The first-order chi connectivity index (χ1) is 10.1. The largest absolute Gasteiger partial charge is 0.363 e. The van der Waals surface area contributed by atoms with Crippen molar-refractivity contribution in [3.63, 3.8) is 0 Å². The SMILES string of the molecule is CCN(c1ccc(F)cc1)C(CN)c1ccc(F)cc1Cl. The maximum atomic E-state index is 13.2. The lowest BCUT2D eigenvalue weighted by atomic mass is 10.0. The number of rotatable bonds is 5. The van der Waals surface area contributed by atoms with Crippen LogP contribution in [0.4, 0.5) is 14.5 Å². The van der Waals surface area contributed by atoms with Crippen LogP contribution in [0.5, 0.6) is 0 Å². The monoisotopic (exact) mass is 310 g/mol. The zero-order chi connectivity index (χ0) is 15.4. The molecule has 0 heterocycles. The molecule has 2 rings (SSSR count). The Morgan fingerprint density at radius 3 is 2.24 bits per heavy atom. The van der Waals surface area contributed by atoms with E-state index >= 15 is 0 Å². The molecule has 0 aliphatic heterocycles. The number of nitrogens with two attached hydrogens (primary N) is 1. The number of likely N-dealkylation sites (N-methyl/N-ethyl adjacent to an activating group) is 1. The Morgan fingerprint density at radius 2 is 1.71 bits per heavy atom. The minimum Gasteiger partial charge on any atom is -0.363 e. The third-order valence-corrected chi connectivity index (χ3v) is 3.75. The Morgan fingerprint density at radius 1 is 1.10 bits per heavy atom. The van der Waals surface area contributed by atoms with Crippen LogP contribution in [-0.4, -0.2) is 13.1 Å². The summed E-state index contributed by atoms with van der Waals surface area (Å²) in [6, 6.07) is 10.3. The van der Waals surface area contributed by atoms with Crippen LogP contribution in [0.1, 0.15) is 18.5 Å². The van der Waals surface area contributed by atoms with E-state index < -0.39 is 0 Å². The van der Waals surface area contributed by atoms with E-state index in [1.54, 1.807) is 18.2 Å². The number of hydrogen-bond acceptors (Lipinski definition) is 2. The van der Waals surface area contributed by atoms with Crippen LogP contribution in [0.3, 0.4) is 0 Å². The number of benzene rings is 2. The van der Waals surface area contributed by atoms with Gasteiger partial charge in [0.1, 0.15) is 11.6 Å². The van der Waals surface area contributed by atoms with Gasteiger partial charge in [-0.2, -0.15) is 0 Å².